The van der Waals surface area contributed by atoms with E-state index in [1.54, 1.807) is 12.2 Å². The lowest BCUT2D eigenvalue weighted by molar-refractivity contribution is -0.133. The van der Waals surface area contributed by atoms with E-state index in [-0.39, 0.29) is 28.4 Å². The van der Waals surface area contributed by atoms with Crippen molar-refractivity contribution in [1.29, 1.82) is 0 Å². The summed E-state index contributed by atoms with van der Waals surface area (Å²) >= 11 is 5.20. The van der Waals surface area contributed by atoms with Crippen LogP contribution in [0.15, 0.2) is 48.1 Å². The van der Waals surface area contributed by atoms with Crippen LogP contribution in [0.5, 0.6) is 0 Å². The zero-order valence-corrected chi connectivity index (χ0v) is 13.0. The van der Waals surface area contributed by atoms with Crippen molar-refractivity contribution in [2.45, 2.75) is 13.8 Å². The number of nitrogens with zero attached hydrogens (tertiary/aromatic N) is 2. The first kappa shape index (κ1) is 15.4. The largest absolute Gasteiger partial charge is 0.285 e. The molecule has 2 rings (SSSR count). The Bertz CT molecular complexity index is 547. The molecule has 0 unspecified atom stereocenters. The van der Waals surface area contributed by atoms with Crippen LogP contribution in [0.4, 0.5) is 0 Å². The quantitative estimate of drug-likeness (QED) is 0.454. The third kappa shape index (κ3) is 3.03. The number of allylic oxidation sites excluding steroid dienone is 7. The van der Waals surface area contributed by atoms with E-state index in [4.69, 9.17) is 12.2 Å². The van der Waals surface area contributed by atoms with Gasteiger partial charge < -0.3 is 0 Å². The Hall–Kier alpha value is -2.01. The molecular weight excluding hydrogens is 284 g/mol. The van der Waals surface area contributed by atoms with E-state index in [9.17, 15) is 9.59 Å². The van der Waals surface area contributed by atoms with Gasteiger partial charge in [0.1, 0.15) is 5.57 Å². The van der Waals surface area contributed by atoms with E-state index < -0.39 is 0 Å². The molecule has 1 aliphatic heterocycles. The summed E-state index contributed by atoms with van der Waals surface area (Å²) in [5, 5.41) is 0.290. The average molecular weight is 302 g/mol. The molecule has 0 saturated carbocycles. The van der Waals surface area contributed by atoms with Crippen LogP contribution in [0, 0.1) is 5.92 Å². The van der Waals surface area contributed by atoms with E-state index in [2.05, 4.69) is 0 Å². The maximum atomic E-state index is 12.3. The molecule has 2 amide bonds. The lowest BCUT2D eigenvalue weighted by atomic mass is 10.1. The number of hydrogen-bond acceptors (Lipinski definition) is 3. The first-order valence-electron chi connectivity index (χ1n) is 7.01. The molecule has 5 heteroatoms. The maximum absolute atomic E-state index is 12.3. The summed E-state index contributed by atoms with van der Waals surface area (Å²) in [6.07, 6.45) is 13.3. The van der Waals surface area contributed by atoms with Gasteiger partial charge in [0, 0.05) is 19.0 Å². The lowest BCUT2D eigenvalue weighted by Gasteiger charge is -2.35. The fourth-order valence-corrected chi connectivity index (χ4v) is 2.68. The summed E-state index contributed by atoms with van der Waals surface area (Å²) in [6.45, 7) is 4.60. The highest BCUT2D eigenvalue weighted by Gasteiger charge is 2.37. The number of carbonyl (C=O) groups excluding carboxylic acids is 2. The highest BCUT2D eigenvalue weighted by Crippen LogP contribution is 2.18. The molecule has 0 bridgehead atoms. The molecule has 21 heavy (non-hydrogen) atoms. The van der Waals surface area contributed by atoms with Gasteiger partial charge in [-0.1, -0.05) is 36.5 Å². The second-order valence-corrected chi connectivity index (χ2v) is 5.06. The van der Waals surface area contributed by atoms with E-state index in [0.29, 0.717) is 13.1 Å². The third-order valence-corrected chi connectivity index (χ3v) is 3.86. The average Bonchev–Trinajstić information content (AvgIpc) is 2.97. The standard InChI is InChI=1S/C16H18N2O2S/c1-3-17-14(19)13(15(20)18(4-2)16(17)21)11-7-10-12-8-5-6-9-12/h5-12H,3-4H2,1-2H3/b10-7+. The molecule has 0 aromatic carbocycles. The number of amides is 2. The number of carbonyl (C=O) groups is 2. The molecule has 2 aliphatic rings. The maximum Gasteiger partial charge on any atom is 0.265 e. The van der Waals surface area contributed by atoms with Crippen molar-refractivity contribution in [3.05, 3.63) is 48.1 Å². The summed E-state index contributed by atoms with van der Waals surface area (Å²) in [5.41, 5.74) is 0.162. The van der Waals surface area contributed by atoms with Crippen LogP contribution in [0.1, 0.15) is 13.8 Å². The third-order valence-electron chi connectivity index (χ3n) is 3.42. The van der Waals surface area contributed by atoms with Crippen molar-refractivity contribution < 1.29 is 9.59 Å². The summed E-state index contributed by atoms with van der Waals surface area (Å²) in [6, 6.07) is 0. The number of hydrogen-bond donors (Lipinski definition) is 0. The van der Waals surface area contributed by atoms with Crippen LogP contribution in [-0.4, -0.2) is 39.8 Å². The van der Waals surface area contributed by atoms with E-state index in [1.165, 1.54) is 9.80 Å². The fourth-order valence-electron chi connectivity index (χ4n) is 2.26. The lowest BCUT2D eigenvalue weighted by Crippen LogP contribution is -2.55. The zero-order valence-electron chi connectivity index (χ0n) is 12.2. The smallest absolute Gasteiger partial charge is 0.265 e. The van der Waals surface area contributed by atoms with Gasteiger partial charge in [-0.2, -0.15) is 0 Å². The van der Waals surface area contributed by atoms with Crippen LogP contribution >= 0.6 is 12.2 Å². The Balaban J connectivity index is 2.25. The minimum absolute atomic E-state index is 0.162. The molecule has 1 fully saturated rings. The van der Waals surface area contributed by atoms with Crippen molar-refractivity contribution in [2.24, 2.45) is 5.92 Å². The second-order valence-electron chi connectivity index (χ2n) is 4.69. The molecule has 1 saturated heterocycles. The van der Waals surface area contributed by atoms with Gasteiger partial charge in [-0.05, 0) is 32.1 Å². The first-order chi connectivity index (χ1) is 10.1. The van der Waals surface area contributed by atoms with Crippen molar-refractivity contribution in [2.75, 3.05) is 13.1 Å². The molecule has 0 aromatic rings. The van der Waals surface area contributed by atoms with Crippen molar-refractivity contribution in [1.82, 2.24) is 9.80 Å². The highest BCUT2D eigenvalue weighted by molar-refractivity contribution is 7.80. The zero-order chi connectivity index (χ0) is 15.4. The number of thiocarbonyl (C=S) groups is 1. The van der Waals surface area contributed by atoms with Gasteiger partial charge >= 0.3 is 0 Å². The predicted octanol–water partition coefficient (Wildman–Crippen LogP) is 2.21. The molecule has 0 spiro atoms. The summed E-state index contributed by atoms with van der Waals surface area (Å²) in [4.78, 5) is 27.6. The topological polar surface area (TPSA) is 40.6 Å². The van der Waals surface area contributed by atoms with Gasteiger partial charge in [0.05, 0.1) is 0 Å². The molecule has 4 nitrogen and oxygen atoms in total. The predicted molar refractivity (Wildman–Crippen MR) is 86.4 cm³/mol. The second kappa shape index (κ2) is 6.63. The molecule has 1 heterocycles. The van der Waals surface area contributed by atoms with Crippen LogP contribution < -0.4 is 0 Å². The summed E-state index contributed by atoms with van der Waals surface area (Å²) in [7, 11) is 0. The van der Waals surface area contributed by atoms with Gasteiger partial charge in [-0.15, -0.1) is 0 Å². The van der Waals surface area contributed by atoms with Crippen LogP contribution in [0.2, 0.25) is 0 Å². The monoisotopic (exact) mass is 302 g/mol. The van der Waals surface area contributed by atoms with E-state index >= 15 is 0 Å². The Morgan fingerprint density at radius 1 is 1.10 bits per heavy atom. The first-order valence-corrected chi connectivity index (χ1v) is 7.42. The molecule has 1 aliphatic carbocycles. The Morgan fingerprint density at radius 3 is 2.10 bits per heavy atom. The normalized spacial score (nSPS) is 19.5. The highest BCUT2D eigenvalue weighted by atomic mass is 32.1. The van der Waals surface area contributed by atoms with Crippen LogP contribution in [-0.2, 0) is 9.59 Å². The molecule has 110 valence electrons. The SMILES string of the molecule is CCN1C(=O)C(=C/C=C/C2C=CC=C2)C(=O)N(CC)C1=S. The molecule has 0 N–H and O–H groups in total. The molecule has 0 atom stereocenters. The van der Waals surface area contributed by atoms with Gasteiger partial charge in [-0.3, -0.25) is 19.4 Å². The molecular formula is C16H18N2O2S. The van der Waals surface area contributed by atoms with Gasteiger partial charge in [0.25, 0.3) is 11.8 Å². The number of likely N-dealkylation sites (N-methyl/N-ethyl adjacent to an activating group) is 2. The Labute approximate surface area is 130 Å². The van der Waals surface area contributed by atoms with E-state index in [0.717, 1.165) is 0 Å². The fraction of sp³-hybridized carbons (Fsp3) is 0.312. The summed E-state index contributed by atoms with van der Waals surface area (Å²) in [5.74, 6) is -0.417. The van der Waals surface area contributed by atoms with Gasteiger partial charge in [0.15, 0.2) is 5.11 Å². The van der Waals surface area contributed by atoms with Crippen molar-refractivity contribution in [3.8, 4) is 0 Å². The minimum atomic E-state index is -0.320. The van der Waals surface area contributed by atoms with Gasteiger partial charge in [0.2, 0.25) is 0 Å². The van der Waals surface area contributed by atoms with Crippen molar-refractivity contribution >= 4 is 29.1 Å². The van der Waals surface area contributed by atoms with Crippen molar-refractivity contribution in [3.63, 3.8) is 0 Å². The Kier molecular flexibility index (Phi) is 4.85. The van der Waals surface area contributed by atoms with Gasteiger partial charge in [-0.25, -0.2) is 0 Å². The minimum Gasteiger partial charge on any atom is -0.285 e. The van der Waals surface area contributed by atoms with E-state index in [1.807, 2.05) is 44.2 Å². The Morgan fingerprint density at radius 2 is 1.62 bits per heavy atom. The number of rotatable bonds is 4. The molecule has 0 aromatic heterocycles. The summed E-state index contributed by atoms with van der Waals surface area (Å²) < 4.78 is 0. The van der Waals surface area contributed by atoms with Crippen LogP contribution in [0.25, 0.3) is 0 Å². The van der Waals surface area contributed by atoms with Crippen LogP contribution in [0.3, 0.4) is 0 Å². The molecule has 0 radical (unpaired) electrons.